The number of sulfonamides is 1. The first-order valence-electron chi connectivity index (χ1n) is 5.85. The zero-order chi connectivity index (χ0) is 12.0. The normalized spacial score (nSPS) is 32.2. The van der Waals surface area contributed by atoms with Crippen LogP contribution in [-0.2, 0) is 10.0 Å². The van der Waals surface area contributed by atoms with Gasteiger partial charge in [0.25, 0.3) is 0 Å². The molecule has 0 saturated heterocycles. The first-order valence-corrected chi connectivity index (χ1v) is 8.53. The highest BCUT2D eigenvalue weighted by Gasteiger charge is 2.52. The van der Waals surface area contributed by atoms with Crippen molar-refractivity contribution < 1.29 is 8.42 Å². The fourth-order valence-corrected chi connectivity index (χ4v) is 5.68. The Kier molecular flexibility index (Phi) is 2.97. The van der Waals surface area contributed by atoms with Crippen molar-refractivity contribution in [1.82, 2.24) is 4.72 Å². The molecule has 2 aliphatic carbocycles. The molecule has 2 aliphatic rings. The van der Waals surface area contributed by atoms with Crippen molar-refractivity contribution in [3.8, 4) is 0 Å². The standard InChI is InChI=1S/C11H14ClNO2S2/c12-9-5-6-10(16-9)17(14,15)13-11-7-3-1-2-4-8(7)11/h5-8,11,13H,1-4H2/t7-,8-/m0/s1. The molecule has 0 unspecified atom stereocenters. The maximum absolute atomic E-state index is 12.1. The third-order valence-electron chi connectivity index (χ3n) is 3.76. The van der Waals surface area contributed by atoms with Crippen LogP contribution in [0, 0.1) is 11.8 Å². The minimum absolute atomic E-state index is 0.170. The van der Waals surface area contributed by atoms with Gasteiger partial charge in [-0.25, -0.2) is 13.1 Å². The summed E-state index contributed by atoms with van der Waals surface area (Å²) in [5, 5.41) is 0. The molecule has 94 valence electrons. The van der Waals surface area contributed by atoms with Crippen molar-refractivity contribution in [3.63, 3.8) is 0 Å². The molecule has 0 spiro atoms. The molecule has 17 heavy (non-hydrogen) atoms. The highest BCUT2D eigenvalue weighted by atomic mass is 35.5. The summed E-state index contributed by atoms with van der Waals surface area (Å²) in [7, 11) is -3.35. The summed E-state index contributed by atoms with van der Waals surface area (Å²) in [6.45, 7) is 0. The zero-order valence-corrected chi connectivity index (χ0v) is 11.6. The molecule has 3 nitrogen and oxygen atoms in total. The van der Waals surface area contributed by atoms with E-state index >= 15 is 0 Å². The maximum Gasteiger partial charge on any atom is 0.250 e. The number of thiophene rings is 1. The molecule has 0 radical (unpaired) electrons. The first kappa shape index (κ1) is 12.0. The lowest BCUT2D eigenvalue weighted by Crippen LogP contribution is -2.27. The van der Waals surface area contributed by atoms with Crippen LogP contribution in [0.5, 0.6) is 0 Å². The van der Waals surface area contributed by atoms with Crippen molar-refractivity contribution in [2.24, 2.45) is 11.8 Å². The number of nitrogens with one attached hydrogen (secondary N) is 1. The predicted molar refractivity (Wildman–Crippen MR) is 68.9 cm³/mol. The highest BCUT2D eigenvalue weighted by molar-refractivity contribution is 7.91. The SMILES string of the molecule is O=S(=O)(NC1[C@H]2CCCC[C@H]12)c1ccc(Cl)s1. The van der Waals surface area contributed by atoms with E-state index in [4.69, 9.17) is 11.6 Å². The van der Waals surface area contributed by atoms with Gasteiger partial charge in [0, 0.05) is 6.04 Å². The molecular weight excluding hydrogens is 278 g/mol. The Balaban J connectivity index is 1.73. The van der Waals surface area contributed by atoms with E-state index in [2.05, 4.69) is 4.72 Å². The number of halogens is 1. The lowest BCUT2D eigenvalue weighted by Gasteiger charge is -2.04. The van der Waals surface area contributed by atoms with Crippen molar-refractivity contribution in [2.75, 3.05) is 0 Å². The largest absolute Gasteiger partial charge is 0.250 e. The quantitative estimate of drug-likeness (QED) is 0.931. The molecule has 2 atom stereocenters. The van der Waals surface area contributed by atoms with Crippen LogP contribution in [-0.4, -0.2) is 14.5 Å². The average Bonchev–Trinajstić information content (AvgIpc) is 2.77. The third kappa shape index (κ3) is 2.26. The van der Waals surface area contributed by atoms with Crippen molar-refractivity contribution >= 4 is 33.0 Å². The summed E-state index contributed by atoms with van der Waals surface area (Å²) in [4.78, 5) is 0. The summed E-state index contributed by atoms with van der Waals surface area (Å²) in [6, 6.07) is 3.37. The van der Waals surface area contributed by atoms with Gasteiger partial charge in [0.05, 0.1) is 4.34 Å². The maximum atomic E-state index is 12.1. The van der Waals surface area contributed by atoms with E-state index in [1.165, 1.54) is 25.7 Å². The van der Waals surface area contributed by atoms with Gasteiger partial charge >= 0.3 is 0 Å². The molecule has 0 aliphatic heterocycles. The smallest absolute Gasteiger partial charge is 0.207 e. The van der Waals surface area contributed by atoms with Gasteiger partial charge in [-0.2, -0.15) is 0 Å². The highest BCUT2D eigenvalue weighted by Crippen LogP contribution is 2.50. The minimum Gasteiger partial charge on any atom is -0.207 e. The van der Waals surface area contributed by atoms with Gasteiger partial charge < -0.3 is 0 Å². The van der Waals surface area contributed by atoms with Crippen LogP contribution in [0.1, 0.15) is 25.7 Å². The summed E-state index contributed by atoms with van der Waals surface area (Å²) < 4.78 is 27.8. The van der Waals surface area contributed by atoms with E-state index < -0.39 is 10.0 Å². The summed E-state index contributed by atoms with van der Waals surface area (Å²) >= 11 is 6.88. The van der Waals surface area contributed by atoms with Crippen molar-refractivity contribution in [3.05, 3.63) is 16.5 Å². The number of fused-ring (bicyclic) bond motifs is 1. The Labute approximate surface area is 110 Å². The van der Waals surface area contributed by atoms with Crippen molar-refractivity contribution in [2.45, 2.75) is 35.9 Å². The van der Waals surface area contributed by atoms with E-state index in [1.54, 1.807) is 12.1 Å². The molecule has 0 aromatic carbocycles. The number of rotatable bonds is 3. The Morgan fingerprint density at radius 3 is 2.41 bits per heavy atom. The van der Waals surface area contributed by atoms with Crippen LogP contribution < -0.4 is 4.72 Å². The fraction of sp³-hybridized carbons (Fsp3) is 0.636. The van der Waals surface area contributed by atoms with E-state index in [0.29, 0.717) is 20.4 Å². The number of hydrogen-bond acceptors (Lipinski definition) is 3. The number of hydrogen-bond donors (Lipinski definition) is 1. The molecule has 0 amide bonds. The van der Waals surface area contributed by atoms with Crippen LogP contribution in [0.3, 0.4) is 0 Å². The Bertz CT molecular complexity index is 513. The molecule has 1 aromatic rings. The van der Waals surface area contributed by atoms with Crippen LogP contribution in [0.25, 0.3) is 0 Å². The van der Waals surface area contributed by atoms with Gasteiger partial charge in [-0.1, -0.05) is 24.4 Å². The average molecular weight is 292 g/mol. The van der Waals surface area contributed by atoms with Crippen molar-refractivity contribution in [1.29, 1.82) is 0 Å². The van der Waals surface area contributed by atoms with Crippen LogP contribution >= 0.6 is 22.9 Å². The summed E-state index contributed by atoms with van der Waals surface area (Å²) in [5.41, 5.74) is 0. The van der Waals surface area contributed by atoms with Gasteiger partial charge in [-0.15, -0.1) is 11.3 Å². The van der Waals surface area contributed by atoms with Crippen LogP contribution in [0.4, 0.5) is 0 Å². The van der Waals surface area contributed by atoms with Gasteiger partial charge in [0.1, 0.15) is 4.21 Å². The van der Waals surface area contributed by atoms with Gasteiger partial charge in [-0.3, -0.25) is 0 Å². The second-order valence-electron chi connectivity index (χ2n) is 4.82. The van der Waals surface area contributed by atoms with E-state index in [9.17, 15) is 8.42 Å². The second kappa shape index (κ2) is 4.23. The molecule has 1 heterocycles. The lowest BCUT2D eigenvalue weighted by molar-refractivity contribution is 0.480. The van der Waals surface area contributed by atoms with E-state index in [1.807, 2.05) is 0 Å². The van der Waals surface area contributed by atoms with Gasteiger partial charge in [0.2, 0.25) is 10.0 Å². The van der Waals surface area contributed by atoms with Gasteiger partial charge in [0.15, 0.2) is 0 Å². The molecule has 1 N–H and O–H groups in total. The van der Waals surface area contributed by atoms with Crippen LogP contribution in [0.2, 0.25) is 4.34 Å². The first-order chi connectivity index (χ1) is 8.08. The zero-order valence-electron chi connectivity index (χ0n) is 9.23. The molecule has 2 fully saturated rings. The lowest BCUT2D eigenvalue weighted by atomic mass is 10.0. The van der Waals surface area contributed by atoms with Crippen LogP contribution in [0.15, 0.2) is 16.3 Å². The summed E-state index contributed by atoms with van der Waals surface area (Å²) in [5.74, 6) is 1.16. The third-order valence-corrected chi connectivity index (χ3v) is 6.94. The Hall–Kier alpha value is -0.100. The predicted octanol–water partition coefficient (Wildman–Crippen LogP) is 2.87. The second-order valence-corrected chi connectivity index (χ2v) is 8.47. The van der Waals surface area contributed by atoms with E-state index in [0.717, 1.165) is 11.3 Å². The summed E-state index contributed by atoms with van der Waals surface area (Å²) in [6.07, 6.45) is 4.82. The monoisotopic (exact) mass is 291 g/mol. The Morgan fingerprint density at radius 2 is 1.88 bits per heavy atom. The molecule has 1 aromatic heterocycles. The van der Waals surface area contributed by atoms with Gasteiger partial charge in [-0.05, 0) is 36.8 Å². The molecule has 2 saturated carbocycles. The Morgan fingerprint density at radius 1 is 1.24 bits per heavy atom. The molecule has 6 heteroatoms. The minimum atomic E-state index is -3.35. The molecule has 0 bridgehead atoms. The topological polar surface area (TPSA) is 46.2 Å². The molecule has 3 rings (SSSR count). The fourth-order valence-electron chi connectivity index (χ4n) is 2.85. The van der Waals surface area contributed by atoms with E-state index in [-0.39, 0.29) is 6.04 Å². The molecular formula is C11H14ClNO2S2.